The largest absolute Gasteiger partial charge is 0.507 e. The molecular formula is C18H23NO2. The summed E-state index contributed by atoms with van der Waals surface area (Å²) >= 11 is 0. The highest BCUT2D eigenvalue weighted by molar-refractivity contribution is 5.50. The average Bonchev–Trinajstić information content (AvgIpc) is 2.47. The Balaban J connectivity index is 2.08. The fourth-order valence-electron chi connectivity index (χ4n) is 2.20. The quantitative estimate of drug-likeness (QED) is 0.866. The molecule has 0 radical (unpaired) electrons. The van der Waals surface area contributed by atoms with Crippen molar-refractivity contribution in [1.82, 2.24) is 0 Å². The van der Waals surface area contributed by atoms with Gasteiger partial charge in [0.2, 0.25) is 0 Å². The summed E-state index contributed by atoms with van der Waals surface area (Å²) in [5.41, 5.74) is 3.26. The van der Waals surface area contributed by atoms with Gasteiger partial charge < -0.3 is 14.7 Å². The summed E-state index contributed by atoms with van der Waals surface area (Å²) in [6, 6.07) is 13.9. The Morgan fingerprint density at radius 3 is 2.62 bits per heavy atom. The standard InChI is InChI=1S/C18H23NO2/c1-4-10-21-17-9-8-15(18(20)12-17)13-19(3)16-7-5-6-14(2)11-16/h5-9,11-12,20H,4,10,13H2,1-3H3. The van der Waals surface area contributed by atoms with Crippen LogP contribution in [0.4, 0.5) is 5.69 Å². The Bertz CT molecular complexity index is 596. The third kappa shape index (κ3) is 4.15. The van der Waals surface area contributed by atoms with E-state index in [9.17, 15) is 5.11 Å². The maximum atomic E-state index is 10.1. The van der Waals surface area contributed by atoms with Crippen LogP contribution < -0.4 is 9.64 Å². The molecule has 1 N–H and O–H groups in total. The number of hydrogen-bond donors (Lipinski definition) is 1. The predicted octanol–water partition coefficient (Wildman–Crippen LogP) is 4.13. The minimum Gasteiger partial charge on any atom is -0.507 e. The zero-order valence-electron chi connectivity index (χ0n) is 13.0. The third-order valence-electron chi connectivity index (χ3n) is 3.38. The second kappa shape index (κ2) is 7.02. The molecular weight excluding hydrogens is 262 g/mol. The number of benzene rings is 2. The highest BCUT2D eigenvalue weighted by Crippen LogP contribution is 2.26. The van der Waals surface area contributed by atoms with E-state index in [2.05, 4.69) is 36.9 Å². The minimum absolute atomic E-state index is 0.281. The van der Waals surface area contributed by atoms with Gasteiger partial charge in [0.05, 0.1) is 6.61 Å². The van der Waals surface area contributed by atoms with Crippen molar-refractivity contribution in [3.63, 3.8) is 0 Å². The number of phenols is 1. The molecule has 112 valence electrons. The van der Waals surface area contributed by atoms with Crippen molar-refractivity contribution in [3.05, 3.63) is 53.6 Å². The van der Waals surface area contributed by atoms with Gasteiger partial charge >= 0.3 is 0 Å². The first-order valence-corrected chi connectivity index (χ1v) is 7.32. The van der Waals surface area contributed by atoms with Crippen LogP contribution in [0.25, 0.3) is 0 Å². The summed E-state index contributed by atoms with van der Waals surface area (Å²) < 4.78 is 5.52. The topological polar surface area (TPSA) is 32.7 Å². The Kier molecular flexibility index (Phi) is 5.09. The number of aryl methyl sites for hydroxylation is 1. The number of rotatable bonds is 6. The lowest BCUT2D eigenvalue weighted by molar-refractivity contribution is 0.315. The molecule has 2 aromatic rings. The van der Waals surface area contributed by atoms with E-state index in [0.29, 0.717) is 13.2 Å². The maximum absolute atomic E-state index is 10.1. The number of nitrogens with zero attached hydrogens (tertiary/aromatic N) is 1. The first-order valence-electron chi connectivity index (χ1n) is 7.32. The van der Waals surface area contributed by atoms with E-state index in [1.165, 1.54) is 5.56 Å². The smallest absolute Gasteiger partial charge is 0.124 e. The molecule has 0 atom stereocenters. The highest BCUT2D eigenvalue weighted by Gasteiger charge is 2.08. The summed E-state index contributed by atoms with van der Waals surface area (Å²) in [4.78, 5) is 2.12. The minimum atomic E-state index is 0.281. The van der Waals surface area contributed by atoms with E-state index < -0.39 is 0 Å². The Morgan fingerprint density at radius 1 is 1.14 bits per heavy atom. The zero-order valence-corrected chi connectivity index (χ0v) is 13.0. The molecule has 0 bridgehead atoms. The number of hydrogen-bond acceptors (Lipinski definition) is 3. The molecule has 0 saturated carbocycles. The lowest BCUT2D eigenvalue weighted by atomic mass is 10.1. The Hall–Kier alpha value is -2.16. The second-order valence-corrected chi connectivity index (χ2v) is 5.33. The molecule has 0 amide bonds. The number of phenolic OH excluding ortho intramolecular Hbond substituents is 1. The van der Waals surface area contributed by atoms with Crippen molar-refractivity contribution in [2.24, 2.45) is 0 Å². The van der Waals surface area contributed by atoms with Crippen LogP contribution in [0, 0.1) is 6.92 Å². The van der Waals surface area contributed by atoms with Crippen molar-refractivity contribution in [2.45, 2.75) is 26.8 Å². The van der Waals surface area contributed by atoms with Gasteiger partial charge in [0.1, 0.15) is 11.5 Å². The fourth-order valence-corrected chi connectivity index (χ4v) is 2.20. The molecule has 2 aromatic carbocycles. The maximum Gasteiger partial charge on any atom is 0.124 e. The van der Waals surface area contributed by atoms with Gasteiger partial charge in [0.25, 0.3) is 0 Å². The van der Waals surface area contributed by atoms with Crippen molar-refractivity contribution in [2.75, 3.05) is 18.6 Å². The van der Waals surface area contributed by atoms with Gasteiger partial charge in [-0.15, -0.1) is 0 Å². The van der Waals surface area contributed by atoms with Crippen LogP contribution in [-0.2, 0) is 6.54 Å². The summed E-state index contributed by atoms with van der Waals surface area (Å²) in [5, 5.41) is 10.1. The third-order valence-corrected chi connectivity index (χ3v) is 3.38. The number of aromatic hydroxyl groups is 1. The second-order valence-electron chi connectivity index (χ2n) is 5.33. The lowest BCUT2D eigenvalue weighted by Crippen LogP contribution is -2.16. The first-order chi connectivity index (χ1) is 10.1. The van der Waals surface area contributed by atoms with E-state index in [1.807, 2.05) is 25.2 Å². The average molecular weight is 285 g/mol. The van der Waals surface area contributed by atoms with E-state index in [0.717, 1.165) is 23.4 Å². The molecule has 2 rings (SSSR count). The van der Waals surface area contributed by atoms with Crippen LogP contribution >= 0.6 is 0 Å². The zero-order chi connectivity index (χ0) is 15.2. The molecule has 0 aliphatic rings. The number of anilines is 1. The molecule has 0 aliphatic heterocycles. The van der Waals surface area contributed by atoms with Crippen LogP contribution in [0.2, 0.25) is 0 Å². The van der Waals surface area contributed by atoms with Gasteiger partial charge in [-0.2, -0.15) is 0 Å². The van der Waals surface area contributed by atoms with Crippen molar-refractivity contribution < 1.29 is 9.84 Å². The first kappa shape index (κ1) is 15.2. The molecule has 0 aliphatic carbocycles. The van der Waals surface area contributed by atoms with Crippen LogP contribution in [0.5, 0.6) is 11.5 Å². The van der Waals surface area contributed by atoms with Gasteiger partial charge in [0.15, 0.2) is 0 Å². The van der Waals surface area contributed by atoms with Crippen LogP contribution in [0.3, 0.4) is 0 Å². The van der Waals surface area contributed by atoms with Crippen molar-refractivity contribution in [3.8, 4) is 11.5 Å². The molecule has 0 heterocycles. The van der Waals surface area contributed by atoms with E-state index in [-0.39, 0.29) is 5.75 Å². The van der Waals surface area contributed by atoms with Gasteiger partial charge in [-0.1, -0.05) is 19.1 Å². The van der Waals surface area contributed by atoms with Crippen molar-refractivity contribution in [1.29, 1.82) is 0 Å². The Morgan fingerprint density at radius 2 is 1.95 bits per heavy atom. The van der Waals surface area contributed by atoms with Crippen LogP contribution in [-0.4, -0.2) is 18.8 Å². The molecule has 3 heteroatoms. The van der Waals surface area contributed by atoms with Crippen LogP contribution in [0.15, 0.2) is 42.5 Å². The summed E-state index contributed by atoms with van der Waals surface area (Å²) in [7, 11) is 2.02. The number of ether oxygens (including phenoxy) is 1. The Labute approximate surface area is 126 Å². The molecule has 0 spiro atoms. The monoisotopic (exact) mass is 285 g/mol. The van der Waals surface area contributed by atoms with E-state index >= 15 is 0 Å². The van der Waals surface area contributed by atoms with Crippen LogP contribution in [0.1, 0.15) is 24.5 Å². The summed E-state index contributed by atoms with van der Waals surface area (Å²) in [5.74, 6) is 0.999. The predicted molar refractivity (Wildman–Crippen MR) is 87.2 cm³/mol. The van der Waals surface area contributed by atoms with Gasteiger partial charge in [-0.25, -0.2) is 0 Å². The molecule has 21 heavy (non-hydrogen) atoms. The highest BCUT2D eigenvalue weighted by atomic mass is 16.5. The van der Waals surface area contributed by atoms with E-state index in [4.69, 9.17) is 4.74 Å². The van der Waals surface area contributed by atoms with Gasteiger partial charge in [0, 0.05) is 30.9 Å². The van der Waals surface area contributed by atoms with Gasteiger partial charge in [-0.3, -0.25) is 0 Å². The van der Waals surface area contributed by atoms with Crippen molar-refractivity contribution >= 4 is 5.69 Å². The van der Waals surface area contributed by atoms with E-state index in [1.54, 1.807) is 6.07 Å². The SMILES string of the molecule is CCCOc1ccc(CN(C)c2cccc(C)c2)c(O)c1. The summed E-state index contributed by atoms with van der Waals surface area (Å²) in [6.07, 6.45) is 0.957. The molecule has 0 aromatic heterocycles. The molecule has 3 nitrogen and oxygen atoms in total. The summed E-state index contributed by atoms with van der Waals surface area (Å²) in [6.45, 7) is 5.46. The normalized spacial score (nSPS) is 10.4. The molecule has 0 unspecified atom stereocenters. The van der Waals surface area contributed by atoms with Gasteiger partial charge in [-0.05, 0) is 43.2 Å². The molecule has 0 fully saturated rings. The molecule has 0 saturated heterocycles. The lowest BCUT2D eigenvalue weighted by Gasteiger charge is -2.20. The fraction of sp³-hybridized carbons (Fsp3) is 0.333.